The standard InChI is InChI=1S/C19H17N5O3S/c1-13-12-14(2)24-18(20-13)21-19(22-24)28(25,26)23-15-8-10-17(11-9-15)27-16-6-4-3-5-7-16/h3-12,23H,1-2H3. The van der Waals surface area contributed by atoms with E-state index in [4.69, 9.17) is 4.74 Å². The molecule has 0 aliphatic rings. The fraction of sp³-hybridized carbons (Fsp3) is 0.105. The zero-order chi connectivity index (χ0) is 19.7. The van der Waals surface area contributed by atoms with Gasteiger partial charge in [-0.2, -0.15) is 13.4 Å². The summed E-state index contributed by atoms with van der Waals surface area (Å²) in [5.74, 6) is 1.53. The number of hydrogen-bond donors (Lipinski definition) is 1. The monoisotopic (exact) mass is 395 g/mol. The summed E-state index contributed by atoms with van der Waals surface area (Å²) in [4.78, 5) is 8.25. The molecule has 0 aliphatic carbocycles. The van der Waals surface area contributed by atoms with Gasteiger partial charge >= 0.3 is 0 Å². The van der Waals surface area contributed by atoms with E-state index < -0.39 is 10.0 Å². The Morgan fingerprint density at radius 3 is 2.32 bits per heavy atom. The summed E-state index contributed by atoms with van der Waals surface area (Å²) in [6.45, 7) is 3.62. The lowest BCUT2D eigenvalue weighted by atomic mass is 10.3. The van der Waals surface area contributed by atoms with Gasteiger partial charge in [-0.25, -0.2) is 9.50 Å². The fourth-order valence-corrected chi connectivity index (χ4v) is 3.61. The predicted molar refractivity (Wildman–Crippen MR) is 104 cm³/mol. The number of anilines is 1. The molecule has 0 fully saturated rings. The Hall–Kier alpha value is -3.46. The van der Waals surface area contributed by atoms with Crippen molar-refractivity contribution in [3.05, 3.63) is 72.1 Å². The van der Waals surface area contributed by atoms with Gasteiger partial charge in [0.2, 0.25) is 0 Å². The Balaban J connectivity index is 1.55. The summed E-state index contributed by atoms with van der Waals surface area (Å²) >= 11 is 0. The van der Waals surface area contributed by atoms with Crippen molar-refractivity contribution in [1.82, 2.24) is 19.6 Å². The van der Waals surface area contributed by atoms with E-state index in [1.54, 1.807) is 30.3 Å². The van der Waals surface area contributed by atoms with Gasteiger partial charge in [-0.15, -0.1) is 5.10 Å². The van der Waals surface area contributed by atoms with Crippen LogP contribution in [0.15, 0.2) is 65.8 Å². The molecule has 0 spiro atoms. The lowest BCUT2D eigenvalue weighted by Gasteiger charge is -2.08. The van der Waals surface area contributed by atoms with Crippen LogP contribution in [-0.4, -0.2) is 28.0 Å². The smallest absolute Gasteiger partial charge is 0.299 e. The SMILES string of the molecule is Cc1cc(C)n2nc(S(=O)(=O)Nc3ccc(Oc4ccccc4)cc3)nc2n1. The Kier molecular flexibility index (Phi) is 4.44. The first-order valence-corrected chi connectivity index (χ1v) is 9.96. The van der Waals surface area contributed by atoms with Gasteiger partial charge in [0.25, 0.3) is 21.0 Å². The quantitative estimate of drug-likeness (QED) is 0.556. The number of benzene rings is 2. The average molecular weight is 395 g/mol. The van der Waals surface area contributed by atoms with E-state index in [2.05, 4.69) is 19.8 Å². The summed E-state index contributed by atoms with van der Waals surface area (Å²) in [6.07, 6.45) is 0. The maximum atomic E-state index is 12.6. The number of nitrogens with zero attached hydrogens (tertiary/aromatic N) is 4. The van der Waals surface area contributed by atoms with Crippen LogP contribution in [0.25, 0.3) is 5.78 Å². The third kappa shape index (κ3) is 3.65. The van der Waals surface area contributed by atoms with Crippen molar-refractivity contribution >= 4 is 21.5 Å². The predicted octanol–water partition coefficient (Wildman–Crippen LogP) is 3.33. The Bertz CT molecular complexity index is 1240. The summed E-state index contributed by atoms with van der Waals surface area (Å²) in [7, 11) is -3.95. The van der Waals surface area contributed by atoms with Gasteiger partial charge in [-0.1, -0.05) is 18.2 Å². The van der Waals surface area contributed by atoms with Crippen LogP contribution in [0.1, 0.15) is 11.4 Å². The summed E-state index contributed by atoms with van der Waals surface area (Å²) in [6, 6.07) is 17.7. The number of hydrogen-bond acceptors (Lipinski definition) is 6. The first-order valence-electron chi connectivity index (χ1n) is 8.47. The zero-order valence-electron chi connectivity index (χ0n) is 15.2. The van der Waals surface area contributed by atoms with E-state index >= 15 is 0 Å². The third-order valence-electron chi connectivity index (χ3n) is 3.92. The Morgan fingerprint density at radius 2 is 1.61 bits per heavy atom. The molecule has 2 aromatic carbocycles. The van der Waals surface area contributed by atoms with E-state index in [0.29, 0.717) is 17.2 Å². The van der Waals surface area contributed by atoms with Crippen molar-refractivity contribution in [2.24, 2.45) is 0 Å². The topological polar surface area (TPSA) is 98.5 Å². The Labute approximate surface area is 161 Å². The summed E-state index contributed by atoms with van der Waals surface area (Å²) < 4.78 is 34.8. The van der Waals surface area contributed by atoms with Gasteiger partial charge in [0, 0.05) is 17.1 Å². The molecule has 0 unspecified atom stereocenters. The molecule has 28 heavy (non-hydrogen) atoms. The number of aryl methyl sites for hydroxylation is 2. The van der Waals surface area contributed by atoms with E-state index in [0.717, 1.165) is 11.4 Å². The lowest BCUT2D eigenvalue weighted by Crippen LogP contribution is -2.14. The van der Waals surface area contributed by atoms with Gasteiger partial charge in [0.05, 0.1) is 0 Å². The zero-order valence-corrected chi connectivity index (χ0v) is 16.0. The van der Waals surface area contributed by atoms with E-state index in [9.17, 15) is 8.42 Å². The fourth-order valence-electron chi connectivity index (χ4n) is 2.68. The number of aromatic nitrogens is 4. The van der Waals surface area contributed by atoms with Gasteiger partial charge in [-0.05, 0) is 56.3 Å². The molecule has 142 valence electrons. The molecule has 9 heteroatoms. The first kappa shape index (κ1) is 17.9. The second-order valence-corrected chi connectivity index (χ2v) is 7.77. The molecular formula is C19H17N5O3S. The Morgan fingerprint density at radius 1 is 0.929 bits per heavy atom. The van der Waals surface area contributed by atoms with Crippen LogP contribution in [0, 0.1) is 13.8 Å². The molecular weight excluding hydrogens is 378 g/mol. The number of ether oxygens (including phenoxy) is 1. The largest absolute Gasteiger partial charge is 0.457 e. The summed E-state index contributed by atoms with van der Waals surface area (Å²) in [5, 5.41) is 3.73. The highest BCUT2D eigenvalue weighted by Crippen LogP contribution is 2.23. The second kappa shape index (κ2) is 6.93. The highest BCUT2D eigenvalue weighted by molar-refractivity contribution is 7.92. The van der Waals surface area contributed by atoms with Crippen LogP contribution in [0.2, 0.25) is 0 Å². The van der Waals surface area contributed by atoms with Crippen LogP contribution in [-0.2, 0) is 10.0 Å². The average Bonchev–Trinajstić information content (AvgIpc) is 3.09. The first-order chi connectivity index (χ1) is 13.4. The van der Waals surface area contributed by atoms with E-state index in [-0.39, 0.29) is 10.9 Å². The number of rotatable bonds is 5. The van der Waals surface area contributed by atoms with Gasteiger partial charge in [0.1, 0.15) is 11.5 Å². The van der Waals surface area contributed by atoms with Crippen LogP contribution < -0.4 is 9.46 Å². The molecule has 2 heterocycles. The molecule has 8 nitrogen and oxygen atoms in total. The minimum atomic E-state index is -3.95. The lowest BCUT2D eigenvalue weighted by molar-refractivity contribution is 0.483. The number of nitrogens with one attached hydrogen (secondary N) is 1. The molecule has 0 aliphatic heterocycles. The van der Waals surface area contributed by atoms with Crippen molar-refractivity contribution in [2.45, 2.75) is 19.0 Å². The van der Waals surface area contributed by atoms with Crippen molar-refractivity contribution in [2.75, 3.05) is 4.72 Å². The molecule has 0 bridgehead atoms. The molecule has 4 rings (SSSR count). The highest BCUT2D eigenvalue weighted by Gasteiger charge is 2.22. The van der Waals surface area contributed by atoms with Crippen LogP contribution in [0.4, 0.5) is 5.69 Å². The maximum Gasteiger partial charge on any atom is 0.299 e. The van der Waals surface area contributed by atoms with Crippen LogP contribution >= 0.6 is 0 Å². The molecule has 0 saturated heterocycles. The van der Waals surface area contributed by atoms with E-state index in [1.165, 1.54) is 4.52 Å². The van der Waals surface area contributed by atoms with Crippen molar-refractivity contribution in [3.8, 4) is 11.5 Å². The van der Waals surface area contributed by atoms with Crippen LogP contribution in [0.5, 0.6) is 11.5 Å². The molecule has 0 radical (unpaired) electrons. The van der Waals surface area contributed by atoms with Gasteiger partial charge in [0.15, 0.2) is 0 Å². The minimum Gasteiger partial charge on any atom is -0.457 e. The normalized spacial score (nSPS) is 11.5. The van der Waals surface area contributed by atoms with Gasteiger partial charge in [-0.3, -0.25) is 4.72 Å². The highest BCUT2D eigenvalue weighted by atomic mass is 32.2. The molecule has 4 aromatic rings. The van der Waals surface area contributed by atoms with Crippen molar-refractivity contribution in [1.29, 1.82) is 0 Å². The maximum absolute atomic E-state index is 12.6. The van der Waals surface area contributed by atoms with Crippen molar-refractivity contribution < 1.29 is 13.2 Å². The number of sulfonamides is 1. The molecule has 1 N–H and O–H groups in total. The number of fused-ring (bicyclic) bond motifs is 1. The van der Waals surface area contributed by atoms with Crippen LogP contribution in [0.3, 0.4) is 0 Å². The minimum absolute atomic E-state index is 0.240. The van der Waals surface area contributed by atoms with Crippen molar-refractivity contribution in [3.63, 3.8) is 0 Å². The second-order valence-electron chi connectivity index (χ2n) is 6.19. The molecule has 0 amide bonds. The third-order valence-corrected chi connectivity index (χ3v) is 5.08. The molecule has 0 atom stereocenters. The summed E-state index contributed by atoms with van der Waals surface area (Å²) in [5.41, 5.74) is 1.86. The number of para-hydroxylation sites is 1. The van der Waals surface area contributed by atoms with E-state index in [1.807, 2.05) is 44.2 Å². The molecule has 2 aromatic heterocycles. The van der Waals surface area contributed by atoms with Gasteiger partial charge < -0.3 is 4.74 Å². The molecule has 0 saturated carbocycles.